The highest BCUT2D eigenvalue weighted by atomic mass is 32.1. The maximum atomic E-state index is 9.33. The molecule has 1 aromatic carbocycles. The van der Waals surface area contributed by atoms with Crippen LogP contribution in [0.2, 0.25) is 0 Å². The van der Waals surface area contributed by atoms with Gasteiger partial charge >= 0.3 is 0 Å². The third-order valence-electron chi connectivity index (χ3n) is 4.03. The molecule has 2 atom stereocenters. The summed E-state index contributed by atoms with van der Waals surface area (Å²) < 4.78 is 0. The lowest BCUT2D eigenvalue weighted by atomic mass is 10.1. The molecule has 0 bridgehead atoms. The normalized spacial score (nSPS) is 22.2. The molecular formula is C16H20N2OS. The summed E-state index contributed by atoms with van der Waals surface area (Å²) in [5, 5.41) is 16.1. The summed E-state index contributed by atoms with van der Waals surface area (Å²) in [6, 6.07) is 10.7. The van der Waals surface area contributed by atoms with Crippen molar-refractivity contribution in [2.45, 2.75) is 31.8 Å². The number of rotatable bonds is 5. The molecule has 1 saturated carbocycles. The molecule has 0 amide bonds. The number of hydrogen-bond donors (Lipinski definition) is 2. The Morgan fingerprint density at radius 3 is 2.90 bits per heavy atom. The summed E-state index contributed by atoms with van der Waals surface area (Å²) in [5.41, 5.74) is 2.22. The van der Waals surface area contributed by atoms with Gasteiger partial charge in [-0.3, -0.25) is 0 Å². The van der Waals surface area contributed by atoms with Gasteiger partial charge in [0.05, 0.1) is 5.69 Å². The second-order valence-electron chi connectivity index (χ2n) is 5.35. The lowest BCUT2D eigenvalue weighted by molar-refractivity contribution is 0.205. The van der Waals surface area contributed by atoms with Crippen molar-refractivity contribution in [1.29, 1.82) is 0 Å². The zero-order chi connectivity index (χ0) is 13.8. The summed E-state index contributed by atoms with van der Waals surface area (Å²) in [7, 11) is 0. The van der Waals surface area contributed by atoms with E-state index in [2.05, 4.69) is 27.8 Å². The molecule has 2 aromatic rings. The van der Waals surface area contributed by atoms with Crippen molar-refractivity contribution in [1.82, 2.24) is 10.3 Å². The molecule has 1 aromatic heterocycles. The van der Waals surface area contributed by atoms with Crippen LogP contribution < -0.4 is 5.32 Å². The lowest BCUT2D eigenvalue weighted by Crippen LogP contribution is -2.33. The van der Waals surface area contributed by atoms with Crippen molar-refractivity contribution in [3.63, 3.8) is 0 Å². The first-order chi connectivity index (χ1) is 9.86. The Hall–Kier alpha value is -1.23. The number of hydrogen-bond acceptors (Lipinski definition) is 4. The van der Waals surface area contributed by atoms with Crippen LogP contribution in [0.5, 0.6) is 0 Å². The van der Waals surface area contributed by atoms with Crippen molar-refractivity contribution in [2.75, 3.05) is 6.61 Å². The molecule has 1 aliphatic carbocycles. The van der Waals surface area contributed by atoms with E-state index in [4.69, 9.17) is 0 Å². The molecule has 1 fully saturated rings. The first-order valence-corrected chi connectivity index (χ1v) is 8.09. The Morgan fingerprint density at radius 1 is 1.25 bits per heavy atom. The molecule has 2 N–H and O–H groups in total. The Bertz CT molecular complexity index is 540. The SMILES string of the molecule is OCC1CCCC1NCc1nc(-c2ccccc2)cs1. The van der Waals surface area contributed by atoms with Gasteiger partial charge in [-0.2, -0.15) is 0 Å². The fourth-order valence-corrected chi connectivity index (χ4v) is 3.63. The second kappa shape index (κ2) is 6.48. The van der Waals surface area contributed by atoms with Crippen molar-refractivity contribution in [3.05, 3.63) is 40.7 Å². The van der Waals surface area contributed by atoms with Gasteiger partial charge in [-0.1, -0.05) is 36.8 Å². The minimum atomic E-state index is 0.296. The smallest absolute Gasteiger partial charge is 0.107 e. The van der Waals surface area contributed by atoms with E-state index in [0.29, 0.717) is 18.6 Å². The van der Waals surface area contributed by atoms with Gasteiger partial charge < -0.3 is 10.4 Å². The number of aliphatic hydroxyl groups excluding tert-OH is 1. The quantitative estimate of drug-likeness (QED) is 0.889. The summed E-state index contributed by atoms with van der Waals surface area (Å²) in [4.78, 5) is 4.69. The maximum absolute atomic E-state index is 9.33. The highest BCUT2D eigenvalue weighted by Crippen LogP contribution is 2.26. The predicted molar refractivity (Wildman–Crippen MR) is 82.6 cm³/mol. The molecule has 0 radical (unpaired) electrons. The van der Waals surface area contributed by atoms with E-state index >= 15 is 0 Å². The number of aromatic nitrogens is 1. The Labute approximate surface area is 123 Å². The maximum Gasteiger partial charge on any atom is 0.107 e. The standard InChI is InChI=1S/C16H20N2OS/c19-10-13-7-4-8-14(13)17-9-16-18-15(11-20-16)12-5-2-1-3-6-12/h1-3,5-6,11,13-14,17,19H,4,7-10H2. The van der Waals surface area contributed by atoms with E-state index in [0.717, 1.165) is 23.7 Å². The zero-order valence-corrected chi connectivity index (χ0v) is 12.3. The van der Waals surface area contributed by atoms with E-state index in [-0.39, 0.29) is 0 Å². The van der Waals surface area contributed by atoms with E-state index in [9.17, 15) is 5.11 Å². The van der Waals surface area contributed by atoms with Crippen molar-refractivity contribution in [2.24, 2.45) is 5.92 Å². The van der Waals surface area contributed by atoms with Gasteiger partial charge in [0.2, 0.25) is 0 Å². The van der Waals surface area contributed by atoms with Crippen LogP contribution in [0.4, 0.5) is 0 Å². The monoisotopic (exact) mass is 288 g/mol. The largest absolute Gasteiger partial charge is 0.396 e. The molecule has 0 spiro atoms. The fraction of sp³-hybridized carbons (Fsp3) is 0.438. The molecule has 3 nitrogen and oxygen atoms in total. The van der Waals surface area contributed by atoms with E-state index in [1.165, 1.54) is 18.4 Å². The van der Waals surface area contributed by atoms with Crippen molar-refractivity contribution < 1.29 is 5.11 Å². The highest BCUT2D eigenvalue weighted by molar-refractivity contribution is 7.09. The van der Waals surface area contributed by atoms with Crippen molar-refractivity contribution in [3.8, 4) is 11.3 Å². The van der Waals surface area contributed by atoms with Gasteiger partial charge in [-0.25, -0.2) is 4.98 Å². The van der Waals surface area contributed by atoms with Crippen LogP contribution in [-0.4, -0.2) is 22.7 Å². The van der Waals surface area contributed by atoms with Crippen molar-refractivity contribution >= 4 is 11.3 Å². The van der Waals surface area contributed by atoms with E-state index in [1.54, 1.807) is 11.3 Å². The number of aliphatic hydroxyl groups is 1. The fourth-order valence-electron chi connectivity index (χ4n) is 2.88. The zero-order valence-electron chi connectivity index (χ0n) is 11.5. The molecule has 1 heterocycles. The van der Waals surface area contributed by atoms with Crippen LogP contribution in [0.15, 0.2) is 35.7 Å². The second-order valence-corrected chi connectivity index (χ2v) is 6.30. The van der Waals surface area contributed by atoms with Crippen LogP contribution in [0, 0.1) is 5.92 Å². The summed E-state index contributed by atoms with van der Waals surface area (Å²) >= 11 is 1.70. The molecule has 106 valence electrons. The molecule has 4 heteroatoms. The lowest BCUT2D eigenvalue weighted by Gasteiger charge is -2.18. The number of nitrogens with one attached hydrogen (secondary N) is 1. The van der Waals surface area contributed by atoms with Gasteiger partial charge in [-0.15, -0.1) is 11.3 Å². The van der Waals surface area contributed by atoms with Gasteiger partial charge in [-0.05, 0) is 18.8 Å². The topological polar surface area (TPSA) is 45.1 Å². The van der Waals surface area contributed by atoms with Crippen LogP contribution in [0.1, 0.15) is 24.3 Å². The molecule has 3 rings (SSSR count). The Balaban J connectivity index is 1.60. The molecule has 1 aliphatic rings. The third-order valence-corrected chi connectivity index (χ3v) is 4.88. The van der Waals surface area contributed by atoms with Gasteiger partial charge in [0.15, 0.2) is 0 Å². The first kappa shape index (κ1) is 13.7. The molecule has 2 unspecified atom stereocenters. The van der Waals surface area contributed by atoms with Crippen LogP contribution >= 0.6 is 11.3 Å². The minimum Gasteiger partial charge on any atom is -0.396 e. The molecule has 0 aliphatic heterocycles. The van der Waals surface area contributed by atoms with Gasteiger partial charge in [0, 0.05) is 30.1 Å². The number of nitrogens with zero attached hydrogens (tertiary/aromatic N) is 1. The minimum absolute atomic E-state index is 0.296. The number of benzene rings is 1. The van der Waals surface area contributed by atoms with Gasteiger partial charge in [0.25, 0.3) is 0 Å². The summed E-state index contributed by atoms with van der Waals surface area (Å²) in [6.45, 7) is 1.10. The van der Waals surface area contributed by atoms with Crippen LogP contribution in [0.25, 0.3) is 11.3 Å². The summed E-state index contributed by atoms with van der Waals surface area (Å²) in [5.74, 6) is 0.420. The third kappa shape index (κ3) is 3.08. The predicted octanol–water partition coefficient (Wildman–Crippen LogP) is 3.06. The Morgan fingerprint density at radius 2 is 2.10 bits per heavy atom. The number of thiazole rings is 1. The van der Waals surface area contributed by atoms with Crippen LogP contribution in [-0.2, 0) is 6.54 Å². The molecular weight excluding hydrogens is 268 g/mol. The van der Waals surface area contributed by atoms with E-state index in [1.807, 2.05) is 18.2 Å². The van der Waals surface area contributed by atoms with E-state index < -0.39 is 0 Å². The average Bonchev–Trinajstić information content (AvgIpc) is 3.15. The highest BCUT2D eigenvalue weighted by Gasteiger charge is 2.26. The summed E-state index contributed by atoms with van der Waals surface area (Å²) in [6.07, 6.45) is 3.53. The molecule has 20 heavy (non-hydrogen) atoms. The average molecular weight is 288 g/mol. The first-order valence-electron chi connectivity index (χ1n) is 7.21. The Kier molecular flexibility index (Phi) is 4.45. The van der Waals surface area contributed by atoms with Crippen LogP contribution in [0.3, 0.4) is 0 Å². The van der Waals surface area contributed by atoms with Gasteiger partial charge in [0.1, 0.15) is 5.01 Å². The molecule has 0 saturated heterocycles.